The Bertz CT molecular complexity index is 1200. The molecule has 8 heteroatoms. The maximum Gasteiger partial charge on any atom is 0.253 e. The first-order chi connectivity index (χ1) is 16.9. The Morgan fingerprint density at radius 3 is 2.20 bits per heavy atom. The maximum absolute atomic E-state index is 13.4. The van der Waals surface area contributed by atoms with Crippen molar-refractivity contribution >= 4 is 11.8 Å². The fourth-order valence-electron chi connectivity index (χ4n) is 4.38. The van der Waals surface area contributed by atoms with E-state index < -0.39 is 11.7 Å². The molecule has 35 heavy (non-hydrogen) atoms. The zero-order chi connectivity index (χ0) is 24.9. The average molecular weight is 481 g/mol. The predicted octanol–water partition coefficient (Wildman–Crippen LogP) is 4.15. The van der Waals surface area contributed by atoms with Crippen LogP contribution < -0.4 is 14.8 Å². The van der Waals surface area contributed by atoms with Crippen molar-refractivity contribution in [3.8, 4) is 11.5 Å². The molecule has 1 fully saturated rings. The quantitative estimate of drug-likeness (QED) is 0.552. The average Bonchev–Trinajstić information content (AvgIpc) is 3.33. The lowest BCUT2D eigenvalue weighted by Gasteiger charge is -2.21. The number of methoxy groups -OCH3 is 2. The molecule has 2 atom stereocenters. The van der Waals surface area contributed by atoms with E-state index in [-0.39, 0.29) is 43.2 Å². The molecular formula is C27H26F2N2O4. The molecule has 182 valence electrons. The lowest BCUT2D eigenvalue weighted by Crippen LogP contribution is -2.35. The summed E-state index contributed by atoms with van der Waals surface area (Å²) in [5.74, 6) is -1.04. The Kier molecular flexibility index (Phi) is 7.29. The lowest BCUT2D eigenvalue weighted by atomic mass is 9.87. The van der Waals surface area contributed by atoms with Gasteiger partial charge in [0, 0.05) is 36.7 Å². The van der Waals surface area contributed by atoms with Crippen LogP contribution in [0.15, 0.2) is 66.7 Å². The van der Waals surface area contributed by atoms with Crippen LogP contribution in [0.4, 0.5) is 8.78 Å². The minimum atomic E-state index is -0.569. The highest BCUT2D eigenvalue weighted by atomic mass is 19.1. The third kappa shape index (κ3) is 5.42. The number of ether oxygens (including phenoxy) is 2. The fraction of sp³-hybridized carbons (Fsp3) is 0.259. The second kappa shape index (κ2) is 10.5. The SMILES string of the molecule is COc1ccc(OC)c(C2CN(C(=O)c3ccc(F)cc3)CC2C(=O)NCc2ccc(F)cc2)c1. The van der Waals surface area contributed by atoms with Crippen molar-refractivity contribution in [1.29, 1.82) is 0 Å². The van der Waals surface area contributed by atoms with Gasteiger partial charge in [-0.1, -0.05) is 12.1 Å². The lowest BCUT2D eigenvalue weighted by molar-refractivity contribution is -0.125. The Labute approximate surface area is 202 Å². The van der Waals surface area contributed by atoms with Crippen molar-refractivity contribution in [2.75, 3.05) is 27.3 Å². The van der Waals surface area contributed by atoms with E-state index in [1.807, 2.05) is 6.07 Å². The molecule has 0 saturated carbocycles. The van der Waals surface area contributed by atoms with E-state index in [4.69, 9.17) is 9.47 Å². The molecule has 0 radical (unpaired) electrons. The molecule has 3 aromatic rings. The van der Waals surface area contributed by atoms with Crippen LogP contribution >= 0.6 is 0 Å². The summed E-state index contributed by atoms with van der Waals surface area (Å²) in [6.45, 7) is 0.675. The molecule has 1 aliphatic rings. The van der Waals surface area contributed by atoms with Gasteiger partial charge < -0.3 is 19.7 Å². The van der Waals surface area contributed by atoms with Gasteiger partial charge in [0.25, 0.3) is 5.91 Å². The normalized spacial score (nSPS) is 17.2. The molecule has 1 aliphatic heterocycles. The van der Waals surface area contributed by atoms with Gasteiger partial charge in [-0.25, -0.2) is 8.78 Å². The largest absolute Gasteiger partial charge is 0.497 e. The highest BCUT2D eigenvalue weighted by molar-refractivity contribution is 5.95. The van der Waals surface area contributed by atoms with Gasteiger partial charge in [0.05, 0.1) is 20.1 Å². The summed E-state index contributed by atoms with van der Waals surface area (Å²) in [6.07, 6.45) is 0. The number of benzene rings is 3. The van der Waals surface area contributed by atoms with Gasteiger partial charge in [-0.3, -0.25) is 9.59 Å². The summed E-state index contributed by atoms with van der Waals surface area (Å²) in [5, 5.41) is 2.91. The third-order valence-corrected chi connectivity index (χ3v) is 6.25. The molecule has 1 saturated heterocycles. The molecule has 1 N–H and O–H groups in total. The van der Waals surface area contributed by atoms with Crippen molar-refractivity contribution in [1.82, 2.24) is 10.2 Å². The topological polar surface area (TPSA) is 67.9 Å². The minimum absolute atomic E-state index is 0.177. The number of hydrogen-bond donors (Lipinski definition) is 1. The van der Waals surface area contributed by atoms with E-state index in [0.29, 0.717) is 17.1 Å². The van der Waals surface area contributed by atoms with Crippen molar-refractivity contribution in [3.05, 3.63) is 95.1 Å². The van der Waals surface area contributed by atoms with Gasteiger partial charge in [0.15, 0.2) is 0 Å². The van der Waals surface area contributed by atoms with Crippen LogP contribution in [-0.4, -0.2) is 44.0 Å². The second-order valence-electron chi connectivity index (χ2n) is 8.38. The number of halogens is 2. The van der Waals surface area contributed by atoms with Crippen molar-refractivity contribution in [3.63, 3.8) is 0 Å². The van der Waals surface area contributed by atoms with Crippen molar-refractivity contribution in [2.24, 2.45) is 5.92 Å². The first kappa shape index (κ1) is 24.2. The summed E-state index contributed by atoms with van der Waals surface area (Å²) in [4.78, 5) is 28.1. The second-order valence-corrected chi connectivity index (χ2v) is 8.38. The number of carbonyl (C=O) groups excluding carboxylic acids is 2. The number of nitrogens with zero attached hydrogens (tertiary/aromatic N) is 1. The van der Waals surface area contributed by atoms with Crippen molar-refractivity contribution < 1.29 is 27.8 Å². The van der Waals surface area contributed by atoms with Gasteiger partial charge in [0.1, 0.15) is 23.1 Å². The molecule has 0 aliphatic carbocycles. The number of rotatable bonds is 7. The number of hydrogen-bond acceptors (Lipinski definition) is 4. The summed E-state index contributed by atoms with van der Waals surface area (Å²) >= 11 is 0. The summed E-state index contributed by atoms with van der Waals surface area (Å²) < 4.78 is 37.5. The van der Waals surface area contributed by atoms with Crippen LogP contribution in [0.1, 0.15) is 27.4 Å². The first-order valence-corrected chi connectivity index (χ1v) is 11.2. The molecule has 3 aromatic carbocycles. The van der Waals surface area contributed by atoms with Crippen molar-refractivity contribution in [2.45, 2.75) is 12.5 Å². The zero-order valence-corrected chi connectivity index (χ0v) is 19.5. The molecule has 0 bridgehead atoms. The van der Waals surface area contributed by atoms with E-state index in [1.54, 1.807) is 43.4 Å². The van der Waals surface area contributed by atoms with Crippen LogP contribution in [0.25, 0.3) is 0 Å². The fourth-order valence-corrected chi connectivity index (χ4v) is 4.38. The van der Waals surface area contributed by atoms with E-state index in [9.17, 15) is 18.4 Å². The molecule has 0 aromatic heterocycles. The molecule has 0 spiro atoms. The van der Waals surface area contributed by atoms with Gasteiger partial charge >= 0.3 is 0 Å². The van der Waals surface area contributed by atoms with Crippen LogP contribution in [0, 0.1) is 17.6 Å². The molecule has 1 heterocycles. The Morgan fingerprint density at radius 2 is 1.57 bits per heavy atom. The highest BCUT2D eigenvalue weighted by Crippen LogP contribution is 2.40. The van der Waals surface area contributed by atoms with Gasteiger partial charge in [-0.2, -0.15) is 0 Å². The first-order valence-electron chi connectivity index (χ1n) is 11.2. The van der Waals surface area contributed by atoms with E-state index in [2.05, 4.69) is 5.32 Å². The minimum Gasteiger partial charge on any atom is -0.497 e. The zero-order valence-electron chi connectivity index (χ0n) is 19.5. The number of nitrogens with one attached hydrogen (secondary N) is 1. The summed E-state index contributed by atoms with van der Waals surface area (Å²) in [7, 11) is 3.10. The Morgan fingerprint density at radius 1 is 0.914 bits per heavy atom. The summed E-state index contributed by atoms with van der Waals surface area (Å²) in [5.41, 5.74) is 1.85. The number of likely N-dealkylation sites (tertiary alicyclic amines) is 1. The van der Waals surface area contributed by atoms with Crippen LogP contribution in [-0.2, 0) is 11.3 Å². The van der Waals surface area contributed by atoms with Gasteiger partial charge in [-0.15, -0.1) is 0 Å². The smallest absolute Gasteiger partial charge is 0.253 e. The molecule has 2 unspecified atom stereocenters. The molecule has 4 rings (SSSR count). The van der Waals surface area contributed by atoms with Crippen LogP contribution in [0.5, 0.6) is 11.5 Å². The van der Waals surface area contributed by atoms with Crippen LogP contribution in [0.3, 0.4) is 0 Å². The summed E-state index contributed by atoms with van der Waals surface area (Å²) in [6, 6.07) is 16.6. The third-order valence-electron chi connectivity index (χ3n) is 6.25. The Balaban J connectivity index is 1.61. The number of amides is 2. The van der Waals surface area contributed by atoms with Gasteiger partial charge in [0.2, 0.25) is 5.91 Å². The predicted molar refractivity (Wildman–Crippen MR) is 126 cm³/mol. The van der Waals surface area contributed by atoms with Gasteiger partial charge in [-0.05, 0) is 60.2 Å². The van der Waals surface area contributed by atoms with E-state index >= 15 is 0 Å². The standard InChI is InChI=1S/C27H26F2N2O4/c1-34-21-11-12-25(35-2)22(13-21)23-15-31(27(33)18-5-9-20(29)10-6-18)16-24(23)26(32)30-14-17-3-7-19(28)8-4-17/h3-13,23-24H,14-16H2,1-2H3,(H,30,32). The molecular weight excluding hydrogens is 454 g/mol. The maximum atomic E-state index is 13.4. The van der Waals surface area contributed by atoms with Crippen LogP contribution in [0.2, 0.25) is 0 Å². The Hall–Kier alpha value is -3.94. The molecule has 6 nitrogen and oxygen atoms in total. The highest BCUT2D eigenvalue weighted by Gasteiger charge is 2.42. The van der Waals surface area contributed by atoms with E-state index in [1.165, 1.54) is 36.4 Å². The number of carbonyl (C=O) groups is 2. The molecule has 2 amide bonds. The monoisotopic (exact) mass is 480 g/mol. The van der Waals surface area contributed by atoms with E-state index in [0.717, 1.165) is 11.1 Å².